The molecule has 6 fully saturated rings. The molecule has 2 heterocycles. The number of nitrogens with zero attached hydrogens (tertiary/aromatic N) is 3. The Balaban J connectivity index is 1.06. The van der Waals surface area contributed by atoms with Crippen molar-refractivity contribution in [2.45, 2.75) is 154 Å². The maximum atomic E-state index is 6.64. The van der Waals surface area contributed by atoms with Gasteiger partial charge in [0, 0.05) is 30.0 Å². The van der Waals surface area contributed by atoms with Crippen molar-refractivity contribution >= 4 is 0 Å². The average molecular weight is 508 g/mol. The van der Waals surface area contributed by atoms with Gasteiger partial charge in [0.25, 0.3) is 0 Å². The van der Waals surface area contributed by atoms with Crippen molar-refractivity contribution in [2.24, 2.45) is 40.9 Å². The molecule has 0 amide bonds. The van der Waals surface area contributed by atoms with Crippen LogP contribution in [-0.4, -0.2) is 33.2 Å². The zero-order chi connectivity index (χ0) is 25.3. The van der Waals surface area contributed by atoms with Crippen LogP contribution < -0.4 is 0 Å². The van der Waals surface area contributed by atoms with Gasteiger partial charge in [-0.05, 0) is 118 Å². The number of likely N-dealkylation sites (tertiary alicyclic amines) is 1. The molecule has 1 saturated heterocycles. The fourth-order valence-corrected chi connectivity index (χ4v) is 11.6. The highest BCUT2D eigenvalue weighted by atomic mass is 16.4. The van der Waals surface area contributed by atoms with Crippen molar-refractivity contribution in [3.8, 4) is 0 Å². The van der Waals surface area contributed by atoms with E-state index in [2.05, 4.69) is 32.6 Å². The molecule has 5 aliphatic carbocycles. The zero-order valence-electron chi connectivity index (χ0n) is 24.2. The average Bonchev–Trinajstić information content (AvgIpc) is 3.61. The van der Waals surface area contributed by atoms with E-state index in [4.69, 9.17) is 14.6 Å². The SMILES string of the molecule is CCC(C)N1C2CCCCC2C2CC(c3nnc(C4CCC5C6CCCCC6C(C)(C)C5C4)o3)CCC21. The van der Waals surface area contributed by atoms with Crippen LogP contribution in [0.4, 0.5) is 0 Å². The Morgan fingerprint density at radius 2 is 1.35 bits per heavy atom. The van der Waals surface area contributed by atoms with Gasteiger partial charge in [0.1, 0.15) is 0 Å². The maximum absolute atomic E-state index is 6.64. The third-order valence-corrected chi connectivity index (χ3v) is 13.4. The second-order valence-corrected chi connectivity index (χ2v) is 15.1. The van der Waals surface area contributed by atoms with Crippen LogP contribution in [0, 0.1) is 40.9 Å². The van der Waals surface area contributed by atoms with E-state index in [0.29, 0.717) is 17.3 Å². The van der Waals surface area contributed by atoms with Gasteiger partial charge in [-0.3, -0.25) is 4.90 Å². The molecule has 7 rings (SSSR count). The number of rotatable bonds is 4. The Hall–Kier alpha value is -0.900. The summed E-state index contributed by atoms with van der Waals surface area (Å²) in [7, 11) is 0. The van der Waals surface area contributed by atoms with Crippen molar-refractivity contribution in [1.82, 2.24) is 15.1 Å². The van der Waals surface area contributed by atoms with E-state index >= 15 is 0 Å². The third-order valence-electron chi connectivity index (χ3n) is 13.4. The predicted octanol–water partition coefficient (Wildman–Crippen LogP) is 8.34. The summed E-state index contributed by atoms with van der Waals surface area (Å²) in [6.07, 6.45) is 20.7. The van der Waals surface area contributed by atoms with E-state index in [1.165, 1.54) is 96.3 Å². The van der Waals surface area contributed by atoms with E-state index in [9.17, 15) is 0 Å². The highest BCUT2D eigenvalue weighted by Crippen LogP contribution is 2.64. The lowest BCUT2D eigenvalue weighted by molar-refractivity contribution is 0.0881. The summed E-state index contributed by atoms with van der Waals surface area (Å²) in [5.41, 5.74) is 0.482. The van der Waals surface area contributed by atoms with Crippen LogP contribution in [0.2, 0.25) is 0 Å². The Bertz CT molecular complexity index is 955. The molecule has 0 bridgehead atoms. The first-order valence-corrected chi connectivity index (χ1v) is 16.6. The second-order valence-electron chi connectivity index (χ2n) is 15.1. The fourth-order valence-electron chi connectivity index (χ4n) is 11.6. The first kappa shape index (κ1) is 25.1. The summed E-state index contributed by atoms with van der Waals surface area (Å²) in [5, 5.41) is 9.53. The summed E-state index contributed by atoms with van der Waals surface area (Å²) in [4.78, 5) is 2.99. The lowest BCUT2D eigenvalue weighted by Gasteiger charge is -2.39. The van der Waals surface area contributed by atoms with Crippen LogP contribution >= 0.6 is 0 Å². The van der Waals surface area contributed by atoms with Gasteiger partial charge in [-0.2, -0.15) is 0 Å². The van der Waals surface area contributed by atoms with E-state index in [0.717, 1.165) is 65.4 Å². The highest BCUT2D eigenvalue weighted by Gasteiger charge is 2.57. The van der Waals surface area contributed by atoms with Gasteiger partial charge in [-0.25, -0.2) is 0 Å². The Morgan fingerprint density at radius 1 is 0.730 bits per heavy atom. The maximum Gasteiger partial charge on any atom is 0.219 e. The van der Waals surface area contributed by atoms with Crippen LogP contribution in [0.3, 0.4) is 0 Å². The smallest absolute Gasteiger partial charge is 0.219 e. The molecule has 11 atom stereocenters. The molecular formula is C33H53N3O. The molecule has 4 heteroatoms. The van der Waals surface area contributed by atoms with Crippen molar-refractivity contribution in [3.05, 3.63) is 11.8 Å². The quantitative estimate of drug-likeness (QED) is 0.411. The number of hydrogen-bond acceptors (Lipinski definition) is 4. The van der Waals surface area contributed by atoms with Crippen LogP contribution in [0.5, 0.6) is 0 Å². The largest absolute Gasteiger partial charge is 0.425 e. The van der Waals surface area contributed by atoms with Crippen molar-refractivity contribution < 1.29 is 4.42 Å². The minimum absolute atomic E-state index is 0.482. The minimum Gasteiger partial charge on any atom is -0.425 e. The molecule has 11 unspecified atom stereocenters. The Labute approximate surface area is 226 Å². The molecule has 1 aliphatic heterocycles. The Morgan fingerprint density at radius 3 is 2.14 bits per heavy atom. The zero-order valence-corrected chi connectivity index (χ0v) is 24.2. The molecule has 1 aromatic heterocycles. The normalized spacial score (nSPS) is 46.1. The van der Waals surface area contributed by atoms with E-state index in [1.54, 1.807) is 0 Å². The summed E-state index contributed by atoms with van der Waals surface area (Å²) in [5.74, 6) is 8.45. The summed E-state index contributed by atoms with van der Waals surface area (Å²) in [6, 6.07) is 2.36. The number of hydrogen-bond donors (Lipinski definition) is 0. The van der Waals surface area contributed by atoms with Crippen LogP contribution in [0.1, 0.15) is 148 Å². The number of fused-ring (bicyclic) bond motifs is 6. The van der Waals surface area contributed by atoms with Gasteiger partial charge in [-0.15, -0.1) is 10.2 Å². The molecule has 4 nitrogen and oxygen atoms in total. The van der Waals surface area contributed by atoms with Crippen molar-refractivity contribution in [2.75, 3.05) is 0 Å². The molecule has 0 aromatic carbocycles. The minimum atomic E-state index is 0.482. The van der Waals surface area contributed by atoms with E-state index in [-0.39, 0.29) is 0 Å². The van der Waals surface area contributed by atoms with Crippen LogP contribution in [0.15, 0.2) is 4.42 Å². The molecule has 0 spiro atoms. The van der Waals surface area contributed by atoms with Gasteiger partial charge >= 0.3 is 0 Å². The third kappa shape index (κ3) is 4.00. The standard InChI is InChI=1S/C33H53N3O/c1-5-20(2)36-29-13-9-7-11-25(29)26-18-21(15-17-30(26)36)31-34-35-32(37-31)22-14-16-24-23-10-6-8-12-27(23)33(3,4)28(24)19-22/h20-30H,5-19H2,1-4H3. The van der Waals surface area contributed by atoms with Gasteiger partial charge in [0.05, 0.1) is 0 Å². The van der Waals surface area contributed by atoms with Crippen molar-refractivity contribution in [3.63, 3.8) is 0 Å². The summed E-state index contributed by atoms with van der Waals surface area (Å²) < 4.78 is 6.64. The molecule has 206 valence electrons. The Kier molecular flexibility index (Phi) is 6.53. The predicted molar refractivity (Wildman–Crippen MR) is 148 cm³/mol. The lowest BCUT2D eigenvalue weighted by Crippen LogP contribution is -2.45. The van der Waals surface area contributed by atoms with Gasteiger partial charge in [0.2, 0.25) is 11.8 Å². The van der Waals surface area contributed by atoms with E-state index < -0.39 is 0 Å². The monoisotopic (exact) mass is 507 g/mol. The molecule has 37 heavy (non-hydrogen) atoms. The fraction of sp³-hybridized carbons (Fsp3) is 0.939. The molecule has 6 aliphatic rings. The number of aromatic nitrogens is 2. The first-order valence-electron chi connectivity index (χ1n) is 16.6. The van der Waals surface area contributed by atoms with Gasteiger partial charge in [0.15, 0.2) is 0 Å². The van der Waals surface area contributed by atoms with Crippen LogP contribution in [-0.2, 0) is 0 Å². The summed E-state index contributed by atoms with van der Waals surface area (Å²) >= 11 is 0. The molecule has 1 aromatic rings. The first-order chi connectivity index (χ1) is 18.0. The topological polar surface area (TPSA) is 42.2 Å². The summed E-state index contributed by atoms with van der Waals surface area (Å²) in [6.45, 7) is 10.1. The highest BCUT2D eigenvalue weighted by molar-refractivity contribution is 5.11. The second kappa shape index (κ2) is 9.63. The lowest BCUT2D eigenvalue weighted by atomic mass is 9.66. The molecule has 0 radical (unpaired) electrons. The molecular weight excluding hydrogens is 454 g/mol. The van der Waals surface area contributed by atoms with Crippen molar-refractivity contribution in [1.29, 1.82) is 0 Å². The van der Waals surface area contributed by atoms with Gasteiger partial charge in [-0.1, -0.05) is 46.5 Å². The molecule has 0 N–H and O–H groups in total. The van der Waals surface area contributed by atoms with Crippen LogP contribution in [0.25, 0.3) is 0 Å². The van der Waals surface area contributed by atoms with Gasteiger partial charge < -0.3 is 4.42 Å². The molecule has 5 saturated carbocycles. The van der Waals surface area contributed by atoms with E-state index in [1.807, 2.05) is 0 Å².